The third-order valence-corrected chi connectivity index (χ3v) is 4.76. The van der Waals surface area contributed by atoms with Gasteiger partial charge in [0.15, 0.2) is 5.96 Å². The van der Waals surface area contributed by atoms with E-state index < -0.39 is 0 Å². The van der Waals surface area contributed by atoms with Gasteiger partial charge >= 0.3 is 0 Å². The lowest BCUT2D eigenvalue weighted by Crippen LogP contribution is -2.39. The highest BCUT2D eigenvalue weighted by Gasteiger charge is 2.13. The van der Waals surface area contributed by atoms with E-state index >= 15 is 0 Å². The van der Waals surface area contributed by atoms with Crippen LogP contribution in [-0.4, -0.2) is 65.1 Å². The molecule has 1 aliphatic heterocycles. The Kier molecular flexibility index (Phi) is 14.1. The zero-order chi connectivity index (χ0) is 19.2. The number of benzene rings is 1. The number of hydrogen-bond acceptors (Lipinski definition) is 4. The fourth-order valence-corrected chi connectivity index (χ4v) is 3.18. The van der Waals surface area contributed by atoms with Gasteiger partial charge in [0, 0.05) is 58.7 Å². The number of guanidine groups is 1. The first kappa shape index (κ1) is 25.0. The Morgan fingerprint density at radius 2 is 1.82 bits per heavy atom. The molecule has 0 atom stereocenters. The Labute approximate surface area is 187 Å². The molecule has 1 saturated heterocycles. The Morgan fingerprint density at radius 1 is 1.14 bits per heavy atom. The number of nitrogens with one attached hydrogen (secondary N) is 2. The van der Waals surface area contributed by atoms with E-state index in [1.54, 1.807) is 0 Å². The first-order valence-electron chi connectivity index (χ1n) is 10.3. The van der Waals surface area contributed by atoms with E-state index in [-0.39, 0.29) is 24.0 Å². The summed E-state index contributed by atoms with van der Waals surface area (Å²) in [4.78, 5) is 6.69. The lowest BCUT2D eigenvalue weighted by atomic mass is 10.1. The molecule has 0 unspecified atom stereocenters. The van der Waals surface area contributed by atoms with Crippen molar-refractivity contribution in [1.29, 1.82) is 0 Å². The minimum absolute atomic E-state index is 0. The first-order valence-corrected chi connectivity index (χ1v) is 10.3. The number of ether oxygens (including phenoxy) is 2. The summed E-state index contributed by atoms with van der Waals surface area (Å²) >= 11 is 0. The quantitative estimate of drug-likeness (QED) is 0.210. The topological polar surface area (TPSA) is 58.1 Å². The minimum Gasteiger partial charge on any atom is -0.381 e. The van der Waals surface area contributed by atoms with Gasteiger partial charge in [-0.3, -0.25) is 4.99 Å². The van der Waals surface area contributed by atoms with E-state index in [0.29, 0.717) is 6.10 Å². The molecule has 0 amide bonds. The zero-order valence-corrected chi connectivity index (χ0v) is 19.7. The highest BCUT2D eigenvalue weighted by Crippen LogP contribution is 2.12. The lowest BCUT2D eigenvalue weighted by molar-refractivity contribution is -0.0320. The molecule has 2 rings (SSSR count). The fourth-order valence-electron chi connectivity index (χ4n) is 3.18. The predicted molar refractivity (Wildman–Crippen MR) is 128 cm³/mol. The van der Waals surface area contributed by atoms with Crippen LogP contribution >= 0.6 is 24.0 Å². The average Bonchev–Trinajstić information content (AvgIpc) is 2.73. The van der Waals surface area contributed by atoms with Crippen molar-refractivity contribution < 1.29 is 9.47 Å². The minimum atomic E-state index is 0. The van der Waals surface area contributed by atoms with E-state index in [4.69, 9.17) is 9.47 Å². The van der Waals surface area contributed by atoms with Crippen molar-refractivity contribution in [3.63, 3.8) is 0 Å². The molecule has 1 fully saturated rings. The van der Waals surface area contributed by atoms with Crippen LogP contribution in [0, 0.1) is 0 Å². The first-order chi connectivity index (χ1) is 13.3. The SMILES string of the molecule is CCN(CCCNC(=NC)NCCCOC1CCOCC1)c1ccccc1.I. The van der Waals surface area contributed by atoms with Crippen LogP contribution in [-0.2, 0) is 9.47 Å². The van der Waals surface area contributed by atoms with Gasteiger partial charge in [0.25, 0.3) is 0 Å². The predicted octanol–water partition coefficient (Wildman–Crippen LogP) is 3.27. The van der Waals surface area contributed by atoms with Crippen LogP contribution in [0.25, 0.3) is 0 Å². The van der Waals surface area contributed by atoms with Crippen LogP contribution in [0.5, 0.6) is 0 Å². The maximum atomic E-state index is 5.89. The van der Waals surface area contributed by atoms with Gasteiger partial charge in [0.05, 0.1) is 6.10 Å². The molecule has 0 bridgehead atoms. The third-order valence-electron chi connectivity index (χ3n) is 4.76. The molecular weight excluding hydrogens is 467 g/mol. The Bertz CT molecular complexity index is 524. The number of para-hydroxylation sites is 1. The van der Waals surface area contributed by atoms with Crippen molar-refractivity contribution in [2.45, 2.75) is 38.7 Å². The molecule has 0 aliphatic carbocycles. The van der Waals surface area contributed by atoms with Gasteiger partial charge in [0.1, 0.15) is 0 Å². The average molecular weight is 504 g/mol. The van der Waals surface area contributed by atoms with E-state index in [2.05, 4.69) is 57.8 Å². The monoisotopic (exact) mass is 504 g/mol. The lowest BCUT2D eigenvalue weighted by Gasteiger charge is -2.23. The fraction of sp³-hybridized carbons (Fsp3) is 0.667. The number of nitrogens with zero attached hydrogens (tertiary/aromatic N) is 2. The second kappa shape index (κ2) is 15.8. The van der Waals surface area contributed by atoms with E-state index in [9.17, 15) is 0 Å². The van der Waals surface area contributed by atoms with Crippen LogP contribution < -0.4 is 15.5 Å². The molecule has 0 radical (unpaired) electrons. The summed E-state index contributed by atoms with van der Waals surface area (Å²) in [5.41, 5.74) is 1.28. The van der Waals surface area contributed by atoms with Gasteiger partial charge in [-0.1, -0.05) is 18.2 Å². The zero-order valence-electron chi connectivity index (χ0n) is 17.4. The van der Waals surface area contributed by atoms with Crippen molar-refractivity contribution in [3.05, 3.63) is 30.3 Å². The molecule has 0 spiro atoms. The van der Waals surface area contributed by atoms with Crippen molar-refractivity contribution in [1.82, 2.24) is 10.6 Å². The summed E-state index contributed by atoms with van der Waals surface area (Å²) in [6.07, 6.45) is 4.47. The summed E-state index contributed by atoms with van der Waals surface area (Å²) in [5, 5.41) is 6.76. The van der Waals surface area contributed by atoms with Crippen molar-refractivity contribution in [3.8, 4) is 0 Å². The molecule has 1 heterocycles. The third kappa shape index (κ3) is 9.93. The van der Waals surface area contributed by atoms with Gasteiger partial charge in [-0.2, -0.15) is 0 Å². The standard InChI is InChI=1S/C21H36N4O2.HI/c1-3-25(19-9-5-4-6-10-19)15-7-13-23-21(22-2)24-14-8-16-27-20-11-17-26-18-12-20;/h4-6,9-10,20H,3,7-8,11-18H2,1-2H3,(H2,22,23,24);1H. The number of anilines is 1. The van der Waals surface area contributed by atoms with E-state index in [1.807, 2.05) is 7.05 Å². The molecule has 28 heavy (non-hydrogen) atoms. The summed E-state index contributed by atoms with van der Waals surface area (Å²) in [6, 6.07) is 10.6. The summed E-state index contributed by atoms with van der Waals surface area (Å²) in [7, 11) is 1.82. The van der Waals surface area contributed by atoms with Crippen molar-refractivity contribution in [2.75, 3.05) is 57.9 Å². The molecule has 0 aromatic heterocycles. The number of rotatable bonds is 11. The van der Waals surface area contributed by atoms with Crippen LogP contribution in [0.3, 0.4) is 0 Å². The summed E-state index contributed by atoms with van der Waals surface area (Å²) in [6.45, 7) is 8.47. The molecule has 160 valence electrons. The largest absolute Gasteiger partial charge is 0.381 e. The van der Waals surface area contributed by atoms with Crippen LogP contribution in [0.1, 0.15) is 32.6 Å². The molecule has 1 aliphatic rings. The van der Waals surface area contributed by atoms with Crippen molar-refractivity contribution in [2.24, 2.45) is 4.99 Å². The highest BCUT2D eigenvalue weighted by atomic mass is 127. The maximum absolute atomic E-state index is 5.89. The molecule has 1 aromatic carbocycles. The van der Waals surface area contributed by atoms with E-state index in [0.717, 1.165) is 77.6 Å². The van der Waals surface area contributed by atoms with Gasteiger partial charge in [-0.05, 0) is 44.7 Å². The van der Waals surface area contributed by atoms with E-state index in [1.165, 1.54) is 5.69 Å². The van der Waals surface area contributed by atoms with Crippen LogP contribution in [0.15, 0.2) is 35.3 Å². The smallest absolute Gasteiger partial charge is 0.190 e. The maximum Gasteiger partial charge on any atom is 0.190 e. The second-order valence-corrected chi connectivity index (χ2v) is 6.73. The molecule has 1 aromatic rings. The highest BCUT2D eigenvalue weighted by molar-refractivity contribution is 14.0. The van der Waals surface area contributed by atoms with Crippen LogP contribution in [0.4, 0.5) is 5.69 Å². The molecule has 6 nitrogen and oxygen atoms in total. The Morgan fingerprint density at radius 3 is 2.46 bits per heavy atom. The van der Waals surface area contributed by atoms with Gasteiger partial charge < -0.3 is 25.0 Å². The normalized spacial score (nSPS) is 15.0. The Hall–Kier alpha value is -1.06. The Balaban J connectivity index is 0.00000392. The number of halogens is 1. The molecule has 7 heteroatoms. The molecular formula is C21H37IN4O2. The summed E-state index contributed by atoms with van der Waals surface area (Å²) < 4.78 is 11.2. The van der Waals surface area contributed by atoms with Crippen LogP contribution in [0.2, 0.25) is 0 Å². The number of aliphatic imine (C=N–C) groups is 1. The second-order valence-electron chi connectivity index (χ2n) is 6.73. The molecule has 0 saturated carbocycles. The number of hydrogen-bond donors (Lipinski definition) is 2. The summed E-state index contributed by atoms with van der Waals surface area (Å²) in [5.74, 6) is 0.865. The van der Waals surface area contributed by atoms with Gasteiger partial charge in [0.2, 0.25) is 0 Å². The van der Waals surface area contributed by atoms with Crippen molar-refractivity contribution >= 4 is 35.6 Å². The van der Waals surface area contributed by atoms with Gasteiger partial charge in [-0.25, -0.2) is 0 Å². The molecule has 2 N–H and O–H groups in total. The van der Waals surface area contributed by atoms with Gasteiger partial charge in [-0.15, -0.1) is 24.0 Å².